The van der Waals surface area contributed by atoms with Gasteiger partial charge in [0.1, 0.15) is 12.0 Å². The van der Waals surface area contributed by atoms with Crippen LogP contribution in [0, 0.1) is 0 Å². The molecule has 0 aromatic carbocycles. The summed E-state index contributed by atoms with van der Waals surface area (Å²) < 4.78 is 14.5. The molecule has 0 aliphatic rings. The third-order valence-corrected chi connectivity index (χ3v) is 1.58. The molecular weight excluding hydrogens is 196 g/mol. The Bertz CT molecular complexity index is 320. The zero-order valence-electron chi connectivity index (χ0n) is 7.08. The van der Waals surface area contributed by atoms with Crippen LogP contribution in [0.1, 0.15) is 5.76 Å². The molecular formula is C8H9ClO4. The van der Waals surface area contributed by atoms with Gasteiger partial charge in [0.05, 0.1) is 5.88 Å². The Morgan fingerprint density at radius 3 is 2.92 bits per heavy atom. The summed E-state index contributed by atoms with van der Waals surface area (Å²) in [6.07, 6.45) is 1.22. The summed E-state index contributed by atoms with van der Waals surface area (Å²) in [5.41, 5.74) is -0.265. The summed E-state index contributed by atoms with van der Waals surface area (Å²) in [6.45, 7) is 0.0188. The Hall–Kier alpha value is -1.00. The van der Waals surface area contributed by atoms with Gasteiger partial charge in [0.15, 0.2) is 6.79 Å². The summed E-state index contributed by atoms with van der Waals surface area (Å²) in [5, 5.41) is 0. The summed E-state index contributed by atoms with van der Waals surface area (Å²) in [6, 6.07) is 1.29. The maximum absolute atomic E-state index is 11.2. The van der Waals surface area contributed by atoms with Crippen molar-refractivity contribution in [3.05, 3.63) is 28.3 Å². The molecule has 0 aliphatic heterocycles. The molecule has 1 aromatic rings. The number of methoxy groups -OCH3 is 1. The molecule has 1 rings (SSSR count). The fourth-order valence-corrected chi connectivity index (χ4v) is 0.876. The standard InChI is InChI=1S/C8H9ClO4/c1-11-5-13-8-4-12-6(3-9)2-7(8)10/h2,4H,3,5H2,1H3. The molecule has 0 saturated heterocycles. The largest absolute Gasteiger partial charge is 0.464 e. The first-order chi connectivity index (χ1) is 6.27. The molecule has 72 valence electrons. The van der Waals surface area contributed by atoms with E-state index in [0.717, 1.165) is 0 Å². The molecule has 0 fully saturated rings. The lowest BCUT2D eigenvalue weighted by Gasteiger charge is -2.02. The van der Waals surface area contributed by atoms with Crippen molar-refractivity contribution >= 4 is 11.6 Å². The molecule has 13 heavy (non-hydrogen) atoms. The van der Waals surface area contributed by atoms with Gasteiger partial charge < -0.3 is 13.9 Å². The number of ether oxygens (including phenoxy) is 2. The molecule has 0 saturated carbocycles. The molecule has 0 aliphatic carbocycles. The van der Waals surface area contributed by atoms with Crippen LogP contribution >= 0.6 is 11.6 Å². The molecule has 0 atom stereocenters. The highest BCUT2D eigenvalue weighted by Crippen LogP contribution is 2.07. The van der Waals surface area contributed by atoms with E-state index < -0.39 is 0 Å². The van der Waals surface area contributed by atoms with E-state index in [9.17, 15) is 4.79 Å². The highest BCUT2D eigenvalue weighted by molar-refractivity contribution is 6.16. The van der Waals surface area contributed by atoms with E-state index in [2.05, 4.69) is 4.74 Å². The Kier molecular flexibility index (Phi) is 3.79. The zero-order chi connectivity index (χ0) is 9.68. The monoisotopic (exact) mass is 204 g/mol. The summed E-state index contributed by atoms with van der Waals surface area (Å²) >= 11 is 5.46. The second kappa shape index (κ2) is 4.89. The van der Waals surface area contributed by atoms with Crippen LogP contribution in [0.5, 0.6) is 5.75 Å². The van der Waals surface area contributed by atoms with Crippen molar-refractivity contribution in [1.29, 1.82) is 0 Å². The number of rotatable bonds is 4. The molecule has 0 N–H and O–H groups in total. The van der Waals surface area contributed by atoms with E-state index in [1.807, 2.05) is 0 Å². The van der Waals surface area contributed by atoms with Gasteiger partial charge in [-0.15, -0.1) is 11.6 Å². The molecule has 0 unspecified atom stereocenters. The van der Waals surface area contributed by atoms with Crippen LogP contribution in [0.25, 0.3) is 0 Å². The first-order valence-electron chi connectivity index (χ1n) is 3.57. The molecule has 1 aromatic heterocycles. The van der Waals surface area contributed by atoms with Crippen molar-refractivity contribution in [3.63, 3.8) is 0 Å². The van der Waals surface area contributed by atoms with Gasteiger partial charge >= 0.3 is 0 Å². The SMILES string of the molecule is COCOc1coc(CCl)cc1=O. The van der Waals surface area contributed by atoms with Gasteiger partial charge in [-0.05, 0) is 0 Å². The third kappa shape index (κ3) is 2.75. The van der Waals surface area contributed by atoms with Crippen LogP contribution in [-0.2, 0) is 10.6 Å². The van der Waals surface area contributed by atoms with E-state index in [1.165, 1.54) is 19.4 Å². The lowest BCUT2D eigenvalue weighted by molar-refractivity contribution is 0.0487. The van der Waals surface area contributed by atoms with Gasteiger partial charge in [0.2, 0.25) is 11.2 Å². The topological polar surface area (TPSA) is 48.7 Å². The van der Waals surface area contributed by atoms with Crippen LogP contribution in [0.15, 0.2) is 21.5 Å². The van der Waals surface area contributed by atoms with E-state index >= 15 is 0 Å². The van der Waals surface area contributed by atoms with Crippen LogP contribution in [0.4, 0.5) is 0 Å². The average Bonchev–Trinajstić information content (AvgIpc) is 2.16. The van der Waals surface area contributed by atoms with Crippen molar-refractivity contribution in [2.45, 2.75) is 5.88 Å². The maximum atomic E-state index is 11.2. The second-order valence-electron chi connectivity index (χ2n) is 2.26. The molecule has 0 spiro atoms. The lowest BCUT2D eigenvalue weighted by Crippen LogP contribution is -2.09. The van der Waals surface area contributed by atoms with Crippen molar-refractivity contribution in [1.82, 2.24) is 0 Å². The first-order valence-corrected chi connectivity index (χ1v) is 4.11. The number of hydrogen-bond donors (Lipinski definition) is 0. The third-order valence-electron chi connectivity index (χ3n) is 1.32. The smallest absolute Gasteiger partial charge is 0.227 e. The molecule has 0 radical (unpaired) electrons. The normalized spacial score (nSPS) is 10.0. The van der Waals surface area contributed by atoms with Crippen molar-refractivity contribution in [2.24, 2.45) is 0 Å². The number of halogens is 1. The van der Waals surface area contributed by atoms with Crippen molar-refractivity contribution in [2.75, 3.05) is 13.9 Å². The van der Waals surface area contributed by atoms with Crippen molar-refractivity contribution < 1.29 is 13.9 Å². The predicted octanol–water partition coefficient (Wildman–Crippen LogP) is 1.36. The van der Waals surface area contributed by atoms with Gasteiger partial charge in [-0.2, -0.15) is 0 Å². The van der Waals surface area contributed by atoms with E-state index in [0.29, 0.717) is 5.76 Å². The van der Waals surface area contributed by atoms with Gasteiger partial charge in [-0.1, -0.05) is 0 Å². The quantitative estimate of drug-likeness (QED) is 0.549. The summed E-state index contributed by atoms with van der Waals surface area (Å²) in [4.78, 5) is 11.2. The average molecular weight is 205 g/mol. The van der Waals surface area contributed by atoms with Gasteiger partial charge in [-0.25, -0.2) is 0 Å². The van der Waals surface area contributed by atoms with Crippen LogP contribution < -0.4 is 10.2 Å². The zero-order valence-corrected chi connectivity index (χ0v) is 7.84. The van der Waals surface area contributed by atoms with Crippen LogP contribution in [0.2, 0.25) is 0 Å². The maximum Gasteiger partial charge on any atom is 0.227 e. The molecule has 4 nitrogen and oxygen atoms in total. The molecule has 0 bridgehead atoms. The van der Waals surface area contributed by atoms with Gasteiger partial charge in [0, 0.05) is 13.2 Å². The molecule has 1 heterocycles. The van der Waals surface area contributed by atoms with Crippen LogP contribution in [0.3, 0.4) is 0 Å². The Balaban J connectivity index is 2.80. The summed E-state index contributed by atoms with van der Waals surface area (Å²) in [7, 11) is 1.47. The number of hydrogen-bond acceptors (Lipinski definition) is 4. The van der Waals surface area contributed by atoms with E-state index in [1.54, 1.807) is 0 Å². The Morgan fingerprint density at radius 2 is 2.38 bits per heavy atom. The fourth-order valence-electron chi connectivity index (χ4n) is 0.736. The Labute approximate surface area is 80.0 Å². The van der Waals surface area contributed by atoms with Crippen LogP contribution in [-0.4, -0.2) is 13.9 Å². The molecule has 5 heteroatoms. The highest BCUT2D eigenvalue weighted by atomic mass is 35.5. The predicted molar refractivity (Wildman–Crippen MR) is 47.0 cm³/mol. The van der Waals surface area contributed by atoms with E-state index in [4.69, 9.17) is 20.8 Å². The highest BCUT2D eigenvalue weighted by Gasteiger charge is 2.02. The number of alkyl halides is 1. The fraction of sp³-hybridized carbons (Fsp3) is 0.375. The minimum Gasteiger partial charge on any atom is -0.464 e. The van der Waals surface area contributed by atoms with Gasteiger partial charge in [-0.3, -0.25) is 4.79 Å². The van der Waals surface area contributed by atoms with Crippen molar-refractivity contribution in [3.8, 4) is 5.75 Å². The first kappa shape index (κ1) is 10.1. The van der Waals surface area contributed by atoms with E-state index in [-0.39, 0.29) is 23.9 Å². The van der Waals surface area contributed by atoms with Gasteiger partial charge in [0.25, 0.3) is 0 Å². The minimum absolute atomic E-state index is 0.0188. The minimum atomic E-state index is -0.265. The summed E-state index contributed by atoms with van der Waals surface area (Å²) in [5.74, 6) is 0.701. The Morgan fingerprint density at radius 1 is 1.62 bits per heavy atom. The molecule has 0 amide bonds. The lowest BCUT2D eigenvalue weighted by atomic mass is 10.4. The second-order valence-corrected chi connectivity index (χ2v) is 2.53.